The van der Waals surface area contributed by atoms with Gasteiger partial charge in [0, 0.05) is 5.69 Å². The average Bonchev–Trinajstić information content (AvgIpc) is 3.28. The molecule has 0 aromatic heterocycles. The quantitative estimate of drug-likeness (QED) is 0.628. The summed E-state index contributed by atoms with van der Waals surface area (Å²) in [5.74, 6) is -4.71. The standard InChI is InChI=1S/C22H27NO8/c1-10(2)29-21(27)12-7-13(22(28)30-11(3)4)9-14(8-12)23-19(24)17-15-5-6-16(31-15)18(17)20(25)26/h7-11,15-18H,5-6H2,1-4H3,(H,23,24)(H,25,26)/t15-,16+,17+,18+/m1/s1. The Hall–Kier alpha value is -2.94. The molecule has 2 saturated heterocycles. The molecule has 1 aromatic rings. The van der Waals surface area contributed by atoms with Crippen molar-refractivity contribution in [3.05, 3.63) is 29.3 Å². The third kappa shape index (κ3) is 5.04. The number of anilines is 1. The number of hydrogen-bond donors (Lipinski definition) is 2. The first kappa shape index (κ1) is 22.7. The molecule has 2 fully saturated rings. The lowest BCUT2D eigenvalue weighted by Crippen LogP contribution is -2.41. The lowest BCUT2D eigenvalue weighted by atomic mass is 9.78. The molecular weight excluding hydrogens is 406 g/mol. The summed E-state index contributed by atoms with van der Waals surface area (Å²) in [4.78, 5) is 49.4. The van der Waals surface area contributed by atoms with Gasteiger partial charge in [-0.15, -0.1) is 0 Å². The van der Waals surface area contributed by atoms with Gasteiger partial charge in [-0.3, -0.25) is 9.59 Å². The minimum absolute atomic E-state index is 0.0705. The third-order valence-corrected chi connectivity index (χ3v) is 5.22. The summed E-state index contributed by atoms with van der Waals surface area (Å²) in [5.41, 5.74) is 0.313. The average molecular weight is 433 g/mol. The van der Waals surface area contributed by atoms with Crippen molar-refractivity contribution < 1.29 is 38.5 Å². The fourth-order valence-electron chi connectivity index (χ4n) is 4.05. The van der Waals surface area contributed by atoms with Crippen molar-refractivity contribution >= 4 is 29.5 Å². The van der Waals surface area contributed by atoms with Gasteiger partial charge in [0.2, 0.25) is 5.91 Å². The van der Waals surface area contributed by atoms with E-state index in [-0.39, 0.29) is 29.0 Å². The van der Waals surface area contributed by atoms with Gasteiger partial charge < -0.3 is 24.6 Å². The van der Waals surface area contributed by atoms with E-state index < -0.39 is 47.9 Å². The largest absolute Gasteiger partial charge is 0.481 e. The molecule has 1 aromatic carbocycles. The number of fused-ring (bicyclic) bond motifs is 2. The molecule has 2 bridgehead atoms. The van der Waals surface area contributed by atoms with Crippen molar-refractivity contribution in [2.45, 2.75) is 65.0 Å². The van der Waals surface area contributed by atoms with Gasteiger partial charge in [0.05, 0.1) is 47.4 Å². The predicted molar refractivity (Wildman–Crippen MR) is 109 cm³/mol. The van der Waals surface area contributed by atoms with Gasteiger partial charge in [-0.2, -0.15) is 0 Å². The molecule has 2 aliphatic rings. The topological polar surface area (TPSA) is 128 Å². The fourth-order valence-corrected chi connectivity index (χ4v) is 4.05. The second kappa shape index (κ2) is 9.05. The van der Waals surface area contributed by atoms with Crippen LogP contribution in [0.15, 0.2) is 18.2 Å². The molecule has 2 aliphatic heterocycles. The van der Waals surface area contributed by atoms with E-state index in [1.54, 1.807) is 27.7 Å². The molecule has 0 radical (unpaired) electrons. The van der Waals surface area contributed by atoms with E-state index in [4.69, 9.17) is 14.2 Å². The highest BCUT2D eigenvalue weighted by Gasteiger charge is 2.55. The Morgan fingerprint density at radius 3 is 1.84 bits per heavy atom. The van der Waals surface area contributed by atoms with Gasteiger partial charge in [-0.25, -0.2) is 9.59 Å². The number of benzene rings is 1. The summed E-state index contributed by atoms with van der Waals surface area (Å²) in [6.45, 7) is 6.77. The molecule has 0 spiro atoms. The van der Waals surface area contributed by atoms with Crippen LogP contribution in [0.3, 0.4) is 0 Å². The lowest BCUT2D eigenvalue weighted by molar-refractivity contribution is -0.147. The highest BCUT2D eigenvalue weighted by Crippen LogP contribution is 2.44. The van der Waals surface area contributed by atoms with Crippen molar-refractivity contribution in [2.75, 3.05) is 5.32 Å². The fraction of sp³-hybridized carbons (Fsp3) is 0.545. The van der Waals surface area contributed by atoms with Crippen LogP contribution < -0.4 is 5.32 Å². The summed E-state index contributed by atoms with van der Waals surface area (Å²) in [6, 6.07) is 4.11. The number of carbonyl (C=O) groups is 4. The Balaban J connectivity index is 1.88. The van der Waals surface area contributed by atoms with Crippen molar-refractivity contribution in [3.63, 3.8) is 0 Å². The lowest BCUT2D eigenvalue weighted by Gasteiger charge is -2.24. The molecule has 9 heteroatoms. The molecule has 1 amide bonds. The second-order valence-corrected chi connectivity index (χ2v) is 8.38. The van der Waals surface area contributed by atoms with Crippen molar-refractivity contribution in [2.24, 2.45) is 11.8 Å². The number of hydrogen-bond acceptors (Lipinski definition) is 7. The normalized spacial score (nSPS) is 24.3. The number of nitrogens with one attached hydrogen (secondary N) is 1. The number of rotatable bonds is 7. The molecule has 3 rings (SSSR count). The molecule has 0 saturated carbocycles. The van der Waals surface area contributed by atoms with Crippen LogP contribution in [0.5, 0.6) is 0 Å². The third-order valence-electron chi connectivity index (χ3n) is 5.22. The summed E-state index contributed by atoms with van der Waals surface area (Å²) in [7, 11) is 0. The highest BCUT2D eigenvalue weighted by atomic mass is 16.5. The molecule has 168 valence electrons. The molecule has 0 unspecified atom stereocenters. The Morgan fingerprint density at radius 1 is 0.903 bits per heavy atom. The maximum atomic E-state index is 13.0. The number of amides is 1. The number of aliphatic carboxylic acids is 1. The Kier molecular flexibility index (Phi) is 6.64. The van der Waals surface area contributed by atoms with E-state index in [1.807, 2.05) is 0 Å². The van der Waals surface area contributed by atoms with E-state index in [1.165, 1.54) is 18.2 Å². The van der Waals surface area contributed by atoms with Crippen LogP contribution in [0.2, 0.25) is 0 Å². The predicted octanol–water partition coefficient (Wildman–Crippen LogP) is 2.63. The summed E-state index contributed by atoms with van der Waals surface area (Å²) >= 11 is 0. The smallest absolute Gasteiger partial charge is 0.338 e. The zero-order valence-corrected chi connectivity index (χ0v) is 17.9. The zero-order chi connectivity index (χ0) is 22.9. The number of carboxylic acids is 1. The molecule has 31 heavy (non-hydrogen) atoms. The van der Waals surface area contributed by atoms with E-state index >= 15 is 0 Å². The summed E-state index contributed by atoms with van der Waals surface area (Å²) in [6.07, 6.45) is -0.488. The molecule has 2 N–H and O–H groups in total. The molecule has 9 nitrogen and oxygen atoms in total. The van der Waals surface area contributed by atoms with Crippen molar-refractivity contribution in [1.29, 1.82) is 0 Å². The van der Waals surface area contributed by atoms with Crippen LogP contribution in [0, 0.1) is 11.8 Å². The van der Waals surface area contributed by atoms with Crippen LogP contribution in [0.4, 0.5) is 5.69 Å². The maximum Gasteiger partial charge on any atom is 0.338 e. The number of ether oxygens (including phenoxy) is 3. The van der Waals surface area contributed by atoms with E-state index in [0.717, 1.165) is 0 Å². The van der Waals surface area contributed by atoms with Gasteiger partial charge in [0.1, 0.15) is 0 Å². The Bertz CT molecular complexity index is 853. The molecular formula is C22H27NO8. The van der Waals surface area contributed by atoms with Crippen molar-refractivity contribution in [1.82, 2.24) is 0 Å². The van der Waals surface area contributed by atoms with E-state index in [2.05, 4.69) is 5.32 Å². The molecule has 0 aliphatic carbocycles. The highest BCUT2D eigenvalue weighted by molar-refractivity contribution is 6.01. The summed E-state index contributed by atoms with van der Waals surface area (Å²) in [5, 5.41) is 12.2. The molecule has 4 atom stereocenters. The van der Waals surface area contributed by atoms with Crippen LogP contribution in [0.25, 0.3) is 0 Å². The number of carboxylic acid groups (broad SMARTS) is 1. The maximum absolute atomic E-state index is 13.0. The van der Waals surface area contributed by atoms with Gasteiger partial charge in [-0.1, -0.05) is 0 Å². The second-order valence-electron chi connectivity index (χ2n) is 8.38. The summed E-state index contributed by atoms with van der Waals surface area (Å²) < 4.78 is 16.0. The molecule has 2 heterocycles. The first-order valence-corrected chi connectivity index (χ1v) is 10.3. The van der Waals surface area contributed by atoms with Crippen LogP contribution >= 0.6 is 0 Å². The Labute approximate surface area is 180 Å². The van der Waals surface area contributed by atoms with E-state index in [0.29, 0.717) is 12.8 Å². The number of esters is 2. The van der Waals surface area contributed by atoms with Crippen LogP contribution in [-0.4, -0.2) is 53.3 Å². The first-order chi connectivity index (χ1) is 14.6. The van der Waals surface area contributed by atoms with Gasteiger partial charge in [0.25, 0.3) is 0 Å². The van der Waals surface area contributed by atoms with Crippen LogP contribution in [0.1, 0.15) is 61.3 Å². The Morgan fingerprint density at radius 2 is 1.39 bits per heavy atom. The first-order valence-electron chi connectivity index (χ1n) is 10.3. The van der Waals surface area contributed by atoms with Gasteiger partial charge in [0.15, 0.2) is 0 Å². The van der Waals surface area contributed by atoms with Crippen LogP contribution in [-0.2, 0) is 23.8 Å². The zero-order valence-electron chi connectivity index (χ0n) is 17.9. The SMILES string of the molecule is CC(C)OC(=O)c1cc(NC(=O)[C@@H]2[C@@H](C(=O)O)[C@@H]3CC[C@H]2O3)cc(C(=O)OC(C)C)c1. The van der Waals surface area contributed by atoms with Crippen molar-refractivity contribution in [3.8, 4) is 0 Å². The van der Waals surface area contributed by atoms with Gasteiger partial charge in [-0.05, 0) is 58.7 Å². The number of carbonyl (C=O) groups excluding carboxylic acids is 3. The minimum Gasteiger partial charge on any atom is -0.481 e. The monoisotopic (exact) mass is 433 g/mol. The minimum atomic E-state index is -1.08. The van der Waals surface area contributed by atoms with Gasteiger partial charge >= 0.3 is 17.9 Å². The van der Waals surface area contributed by atoms with E-state index in [9.17, 15) is 24.3 Å².